The van der Waals surface area contributed by atoms with Gasteiger partial charge in [0.2, 0.25) is 0 Å². The molecule has 19 heavy (non-hydrogen) atoms. The molecule has 0 radical (unpaired) electrons. The topological polar surface area (TPSA) is 60.2 Å². The molecular weight excluding hydrogens is 306 g/mol. The van der Waals surface area contributed by atoms with E-state index >= 15 is 0 Å². The number of benzene rings is 1. The van der Waals surface area contributed by atoms with Crippen LogP contribution in [0.15, 0.2) is 41.0 Å². The summed E-state index contributed by atoms with van der Waals surface area (Å²) >= 11 is 3.52. The molecule has 0 amide bonds. The summed E-state index contributed by atoms with van der Waals surface area (Å²) in [5.74, 6) is 1.61. The van der Waals surface area contributed by atoms with Crippen molar-refractivity contribution in [3.8, 4) is 5.75 Å². The molecule has 4 nitrogen and oxygen atoms in total. The first-order chi connectivity index (χ1) is 9.20. The molecule has 0 fully saturated rings. The lowest BCUT2D eigenvalue weighted by Gasteiger charge is -2.10. The largest absolute Gasteiger partial charge is 0.492 e. The summed E-state index contributed by atoms with van der Waals surface area (Å²) in [7, 11) is 0. The van der Waals surface area contributed by atoms with Crippen molar-refractivity contribution >= 4 is 27.4 Å². The van der Waals surface area contributed by atoms with Gasteiger partial charge in [0.1, 0.15) is 18.2 Å². The highest BCUT2D eigenvalue weighted by molar-refractivity contribution is 9.10. The van der Waals surface area contributed by atoms with E-state index in [9.17, 15) is 0 Å². The summed E-state index contributed by atoms with van der Waals surface area (Å²) in [6.45, 7) is 3.07. The Hall–Kier alpha value is -1.59. The number of aryl methyl sites for hydroxylation is 1. The summed E-state index contributed by atoms with van der Waals surface area (Å²) in [5.41, 5.74) is 7.48. The molecule has 0 unspecified atom stereocenters. The van der Waals surface area contributed by atoms with Gasteiger partial charge in [0.15, 0.2) is 0 Å². The summed E-state index contributed by atoms with van der Waals surface area (Å²) in [4.78, 5) is 4.30. The molecule has 0 saturated carbocycles. The molecule has 2 aromatic rings. The zero-order chi connectivity index (χ0) is 13.7. The predicted molar refractivity (Wildman–Crippen MR) is 80.9 cm³/mol. The van der Waals surface area contributed by atoms with E-state index in [1.54, 1.807) is 6.20 Å². The van der Waals surface area contributed by atoms with Crippen molar-refractivity contribution in [2.45, 2.75) is 6.92 Å². The fraction of sp³-hybridized carbons (Fsp3) is 0.214. The summed E-state index contributed by atoms with van der Waals surface area (Å²) in [6, 6.07) is 9.66. The smallest absolute Gasteiger partial charge is 0.144 e. The predicted octanol–water partition coefficient (Wildman–Crippen LogP) is 3.23. The Morgan fingerprint density at radius 3 is 2.68 bits per heavy atom. The molecule has 3 N–H and O–H groups in total. The van der Waals surface area contributed by atoms with Gasteiger partial charge in [0.25, 0.3) is 0 Å². The molecule has 1 aromatic carbocycles. The van der Waals surface area contributed by atoms with Crippen molar-refractivity contribution in [1.82, 2.24) is 4.98 Å². The molecule has 0 bridgehead atoms. The lowest BCUT2D eigenvalue weighted by molar-refractivity contribution is 0.328. The number of anilines is 2. The number of halogens is 1. The van der Waals surface area contributed by atoms with Crippen LogP contribution in [0, 0.1) is 6.92 Å². The molecule has 1 aromatic heterocycles. The lowest BCUT2D eigenvalue weighted by Crippen LogP contribution is -2.10. The molecule has 0 spiro atoms. The fourth-order valence-electron chi connectivity index (χ4n) is 1.58. The van der Waals surface area contributed by atoms with E-state index in [2.05, 4.69) is 26.2 Å². The maximum absolute atomic E-state index is 5.43. The number of hydrogen-bond donors (Lipinski definition) is 2. The quantitative estimate of drug-likeness (QED) is 0.887. The van der Waals surface area contributed by atoms with Gasteiger partial charge in [-0.2, -0.15) is 0 Å². The third-order valence-corrected chi connectivity index (χ3v) is 3.59. The van der Waals surface area contributed by atoms with Crippen LogP contribution in [0.1, 0.15) is 5.56 Å². The van der Waals surface area contributed by atoms with Crippen LogP contribution in [0.4, 0.5) is 11.5 Å². The van der Waals surface area contributed by atoms with Crippen LogP contribution >= 0.6 is 15.9 Å². The zero-order valence-electron chi connectivity index (χ0n) is 10.7. The second kappa shape index (κ2) is 6.54. The van der Waals surface area contributed by atoms with E-state index in [0.29, 0.717) is 13.2 Å². The van der Waals surface area contributed by atoms with Crippen LogP contribution in [0.25, 0.3) is 0 Å². The molecule has 1 heterocycles. The van der Waals surface area contributed by atoms with Gasteiger partial charge in [-0.15, -0.1) is 0 Å². The first kappa shape index (κ1) is 13.8. The lowest BCUT2D eigenvalue weighted by atomic mass is 10.2. The van der Waals surface area contributed by atoms with E-state index in [1.165, 1.54) is 0 Å². The fourth-order valence-corrected chi connectivity index (χ4v) is 1.91. The average molecular weight is 322 g/mol. The number of pyridine rings is 1. The highest BCUT2D eigenvalue weighted by Gasteiger charge is 2.04. The van der Waals surface area contributed by atoms with Crippen LogP contribution in [0.2, 0.25) is 0 Å². The highest BCUT2D eigenvalue weighted by Crippen LogP contribution is 2.27. The first-order valence-electron chi connectivity index (χ1n) is 6.02. The van der Waals surface area contributed by atoms with E-state index in [1.807, 2.05) is 37.3 Å². The van der Waals surface area contributed by atoms with Crippen LogP contribution in [0.3, 0.4) is 0 Å². The van der Waals surface area contributed by atoms with Gasteiger partial charge in [-0.25, -0.2) is 4.98 Å². The Balaban J connectivity index is 2.09. The van der Waals surface area contributed by atoms with E-state index in [0.717, 1.165) is 27.3 Å². The van der Waals surface area contributed by atoms with Gasteiger partial charge in [-0.3, -0.25) is 0 Å². The molecule has 0 atom stereocenters. The third-order valence-electron chi connectivity index (χ3n) is 2.59. The normalized spacial score (nSPS) is 10.3. The number of nitrogens with two attached hydrogens (primary N) is 1. The Morgan fingerprint density at radius 1 is 1.26 bits per heavy atom. The SMILES string of the molecule is Cc1ccnc(Nc2ccc(OCCN)cc2)c1Br. The Bertz CT molecular complexity index is 543. The van der Waals surface area contributed by atoms with Crippen molar-refractivity contribution in [1.29, 1.82) is 0 Å². The van der Waals surface area contributed by atoms with Crippen molar-refractivity contribution < 1.29 is 4.74 Å². The molecule has 0 saturated heterocycles. The van der Waals surface area contributed by atoms with Gasteiger partial charge in [-0.05, 0) is 58.7 Å². The van der Waals surface area contributed by atoms with Crippen LogP contribution < -0.4 is 15.8 Å². The second-order valence-electron chi connectivity index (χ2n) is 4.08. The summed E-state index contributed by atoms with van der Waals surface area (Å²) in [5, 5.41) is 3.26. The van der Waals surface area contributed by atoms with Crippen molar-refractivity contribution in [2.75, 3.05) is 18.5 Å². The zero-order valence-corrected chi connectivity index (χ0v) is 12.3. The molecule has 0 aliphatic carbocycles. The number of hydrogen-bond acceptors (Lipinski definition) is 4. The average Bonchev–Trinajstić information content (AvgIpc) is 2.43. The minimum atomic E-state index is 0.514. The second-order valence-corrected chi connectivity index (χ2v) is 4.87. The number of ether oxygens (including phenoxy) is 1. The first-order valence-corrected chi connectivity index (χ1v) is 6.81. The van der Waals surface area contributed by atoms with Gasteiger partial charge in [0, 0.05) is 18.4 Å². The molecule has 0 aliphatic heterocycles. The highest BCUT2D eigenvalue weighted by atomic mass is 79.9. The molecule has 2 rings (SSSR count). The monoisotopic (exact) mass is 321 g/mol. The number of rotatable bonds is 5. The maximum atomic E-state index is 5.43. The third kappa shape index (κ3) is 3.68. The van der Waals surface area contributed by atoms with Crippen LogP contribution in [-0.4, -0.2) is 18.1 Å². The number of nitrogens with zero attached hydrogens (tertiary/aromatic N) is 1. The van der Waals surface area contributed by atoms with E-state index < -0.39 is 0 Å². The minimum Gasteiger partial charge on any atom is -0.492 e. The van der Waals surface area contributed by atoms with Crippen LogP contribution in [-0.2, 0) is 0 Å². The van der Waals surface area contributed by atoms with Crippen molar-refractivity contribution in [3.63, 3.8) is 0 Å². The molecule has 0 aliphatic rings. The van der Waals surface area contributed by atoms with Gasteiger partial charge in [0.05, 0.1) is 4.47 Å². The summed E-state index contributed by atoms with van der Waals surface area (Å²) in [6.07, 6.45) is 1.78. The number of aromatic nitrogens is 1. The van der Waals surface area contributed by atoms with Gasteiger partial charge < -0.3 is 15.8 Å². The Morgan fingerprint density at radius 2 is 2.00 bits per heavy atom. The van der Waals surface area contributed by atoms with Crippen molar-refractivity contribution in [2.24, 2.45) is 5.73 Å². The Kier molecular flexibility index (Phi) is 4.76. The molecular formula is C14H16BrN3O. The van der Waals surface area contributed by atoms with Crippen LogP contribution in [0.5, 0.6) is 5.75 Å². The molecule has 100 valence electrons. The summed E-state index contributed by atoms with van der Waals surface area (Å²) < 4.78 is 6.40. The molecule has 5 heteroatoms. The minimum absolute atomic E-state index is 0.514. The van der Waals surface area contributed by atoms with E-state index in [4.69, 9.17) is 10.5 Å². The van der Waals surface area contributed by atoms with E-state index in [-0.39, 0.29) is 0 Å². The maximum Gasteiger partial charge on any atom is 0.144 e. The van der Waals surface area contributed by atoms with Gasteiger partial charge >= 0.3 is 0 Å². The number of nitrogens with one attached hydrogen (secondary N) is 1. The van der Waals surface area contributed by atoms with Crippen molar-refractivity contribution in [3.05, 3.63) is 46.6 Å². The standard InChI is InChI=1S/C14H16BrN3O/c1-10-6-8-17-14(13(10)15)18-11-2-4-12(5-3-11)19-9-7-16/h2-6,8H,7,9,16H2,1H3,(H,17,18). The Labute approximate surface area is 121 Å². The van der Waals surface area contributed by atoms with Gasteiger partial charge in [-0.1, -0.05) is 0 Å².